The highest BCUT2D eigenvalue weighted by atomic mass is 35.5. The first-order chi connectivity index (χ1) is 13.3. The van der Waals surface area contributed by atoms with Crippen LogP contribution in [0.25, 0.3) is 22.6 Å². The summed E-state index contributed by atoms with van der Waals surface area (Å²) < 4.78 is 33.7. The minimum Gasteiger partial charge on any atom is -0.466 e. The molecule has 0 bridgehead atoms. The van der Waals surface area contributed by atoms with Crippen molar-refractivity contribution in [2.24, 2.45) is 5.14 Å². The normalized spacial score (nSPS) is 11.4. The van der Waals surface area contributed by atoms with E-state index < -0.39 is 16.0 Å². The minimum atomic E-state index is -3.81. The quantitative estimate of drug-likeness (QED) is 0.611. The third-order valence-corrected chi connectivity index (χ3v) is 5.02. The molecule has 0 radical (unpaired) electrons. The van der Waals surface area contributed by atoms with Crippen LogP contribution in [0.3, 0.4) is 0 Å². The smallest absolute Gasteiger partial charge is 0.315 e. The Kier molecular flexibility index (Phi) is 5.83. The SMILES string of the molecule is CCOC(=O)Cc1nc(-c2ccc(S(N)(=O)=O)cc2)c(-c2ccc(Cl)cc2)o1. The third kappa shape index (κ3) is 4.59. The number of hydrogen-bond acceptors (Lipinski definition) is 6. The van der Waals surface area contributed by atoms with Crippen molar-refractivity contribution in [3.8, 4) is 22.6 Å². The van der Waals surface area contributed by atoms with Gasteiger partial charge in [0, 0.05) is 16.1 Å². The highest BCUT2D eigenvalue weighted by molar-refractivity contribution is 7.89. The predicted octanol–water partition coefficient (Wildman–Crippen LogP) is 3.42. The van der Waals surface area contributed by atoms with Crippen LogP contribution in [0.5, 0.6) is 0 Å². The summed E-state index contributed by atoms with van der Waals surface area (Å²) in [5, 5.41) is 5.71. The van der Waals surface area contributed by atoms with Gasteiger partial charge in [-0.2, -0.15) is 0 Å². The van der Waals surface area contributed by atoms with Crippen molar-refractivity contribution in [3.05, 3.63) is 59.4 Å². The van der Waals surface area contributed by atoms with Crippen molar-refractivity contribution < 1.29 is 22.4 Å². The Morgan fingerprint density at radius 3 is 2.29 bits per heavy atom. The molecule has 2 N–H and O–H groups in total. The zero-order valence-corrected chi connectivity index (χ0v) is 16.5. The second kappa shape index (κ2) is 8.14. The zero-order valence-electron chi connectivity index (χ0n) is 14.9. The van der Waals surface area contributed by atoms with Gasteiger partial charge in [-0.15, -0.1) is 0 Å². The maximum absolute atomic E-state index is 11.8. The molecule has 146 valence electrons. The van der Waals surface area contributed by atoms with Crippen LogP contribution in [-0.4, -0.2) is 26.0 Å². The highest BCUT2D eigenvalue weighted by Gasteiger charge is 2.20. The lowest BCUT2D eigenvalue weighted by atomic mass is 10.1. The summed E-state index contributed by atoms with van der Waals surface area (Å²) >= 11 is 5.95. The molecular weight excluding hydrogens is 404 g/mol. The number of benzene rings is 2. The molecule has 0 unspecified atom stereocenters. The molecular formula is C19H17ClN2O5S. The average Bonchev–Trinajstić information content (AvgIpc) is 3.05. The number of aromatic nitrogens is 1. The van der Waals surface area contributed by atoms with Crippen LogP contribution in [0.2, 0.25) is 5.02 Å². The molecule has 0 saturated carbocycles. The van der Waals surface area contributed by atoms with Gasteiger partial charge < -0.3 is 9.15 Å². The number of carbonyl (C=O) groups is 1. The van der Waals surface area contributed by atoms with Gasteiger partial charge in [-0.1, -0.05) is 23.7 Å². The molecule has 0 aliphatic heterocycles. The van der Waals surface area contributed by atoms with Crippen LogP contribution < -0.4 is 5.14 Å². The molecule has 0 saturated heterocycles. The van der Waals surface area contributed by atoms with Gasteiger partial charge in [0.2, 0.25) is 15.9 Å². The maximum atomic E-state index is 11.8. The lowest BCUT2D eigenvalue weighted by Gasteiger charge is -2.03. The molecule has 0 aliphatic rings. The van der Waals surface area contributed by atoms with E-state index in [0.29, 0.717) is 27.6 Å². The van der Waals surface area contributed by atoms with Crippen LogP contribution in [0.15, 0.2) is 57.8 Å². The van der Waals surface area contributed by atoms with Crippen molar-refractivity contribution in [2.45, 2.75) is 18.2 Å². The number of esters is 1. The van der Waals surface area contributed by atoms with Gasteiger partial charge >= 0.3 is 5.97 Å². The topological polar surface area (TPSA) is 112 Å². The molecule has 9 heteroatoms. The molecule has 1 heterocycles. The second-order valence-corrected chi connectivity index (χ2v) is 7.84. The van der Waals surface area contributed by atoms with E-state index >= 15 is 0 Å². The van der Waals surface area contributed by atoms with E-state index in [9.17, 15) is 13.2 Å². The molecule has 3 rings (SSSR count). The number of nitrogens with zero attached hydrogens (tertiary/aromatic N) is 1. The molecule has 3 aromatic rings. The van der Waals surface area contributed by atoms with Gasteiger partial charge in [-0.25, -0.2) is 18.5 Å². The first-order valence-corrected chi connectivity index (χ1v) is 10.2. The van der Waals surface area contributed by atoms with Gasteiger partial charge in [0.25, 0.3) is 0 Å². The van der Waals surface area contributed by atoms with Gasteiger partial charge in [0.05, 0.1) is 11.5 Å². The fourth-order valence-electron chi connectivity index (χ4n) is 2.57. The molecule has 0 amide bonds. The Bertz CT molecular complexity index is 1090. The Morgan fingerprint density at radius 1 is 1.11 bits per heavy atom. The molecule has 7 nitrogen and oxygen atoms in total. The number of nitrogens with two attached hydrogens (primary N) is 1. The number of carbonyl (C=O) groups excluding carboxylic acids is 1. The lowest BCUT2D eigenvalue weighted by molar-refractivity contribution is -0.142. The molecule has 28 heavy (non-hydrogen) atoms. The number of ether oxygens (including phenoxy) is 1. The fourth-order valence-corrected chi connectivity index (χ4v) is 3.21. The van der Waals surface area contributed by atoms with E-state index in [-0.39, 0.29) is 23.8 Å². The Balaban J connectivity index is 2.06. The average molecular weight is 421 g/mol. The molecule has 1 aromatic heterocycles. The Labute approximate surface area is 167 Å². The number of hydrogen-bond donors (Lipinski definition) is 1. The second-order valence-electron chi connectivity index (χ2n) is 5.84. The summed E-state index contributed by atoms with van der Waals surface area (Å²) in [6.07, 6.45) is -0.121. The summed E-state index contributed by atoms with van der Waals surface area (Å²) in [6.45, 7) is 1.97. The van der Waals surface area contributed by atoms with Crippen molar-refractivity contribution >= 4 is 27.6 Å². The predicted molar refractivity (Wildman–Crippen MR) is 104 cm³/mol. The van der Waals surface area contributed by atoms with Crippen molar-refractivity contribution in [1.29, 1.82) is 0 Å². The van der Waals surface area contributed by atoms with E-state index in [4.69, 9.17) is 25.9 Å². The van der Waals surface area contributed by atoms with Crippen molar-refractivity contribution in [3.63, 3.8) is 0 Å². The summed E-state index contributed by atoms with van der Waals surface area (Å²) in [7, 11) is -3.81. The van der Waals surface area contributed by atoms with E-state index in [2.05, 4.69) is 4.98 Å². The number of primary sulfonamides is 1. The van der Waals surface area contributed by atoms with Gasteiger partial charge in [-0.05, 0) is 43.3 Å². The first-order valence-electron chi connectivity index (χ1n) is 8.32. The summed E-state index contributed by atoms with van der Waals surface area (Å²) in [6, 6.07) is 12.9. The number of sulfonamides is 1. The Hall–Kier alpha value is -2.68. The minimum absolute atomic E-state index is 0.0143. The van der Waals surface area contributed by atoms with Crippen LogP contribution in [0.4, 0.5) is 0 Å². The van der Waals surface area contributed by atoms with Crippen molar-refractivity contribution in [2.75, 3.05) is 6.61 Å². The summed E-state index contributed by atoms with van der Waals surface area (Å²) in [5.74, 6) is 0.163. The summed E-state index contributed by atoms with van der Waals surface area (Å²) in [5.41, 5.74) is 1.77. The largest absolute Gasteiger partial charge is 0.466 e. The van der Waals surface area contributed by atoms with Gasteiger partial charge in [0.15, 0.2) is 5.76 Å². The van der Waals surface area contributed by atoms with Gasteiger partial charge in [-0.3, -0.25) is 4.79 Å². The van der Waals surface area contributed by atoms with E-state index in [1.54, 1.807) is 43.3 Å². The number of oxazole rings is 1. The van der Waals surface area contributed by atoms with Gasteiger partial charge in [0.1, 0.15) is 12.1 Å². The number of rotatable bonds is 6. The fraction of sp³-hybridized carbons (Fsp3) is 0.158. The Morgan fingerprint density at radius 2 is 1.71 bits per heavy atom. The maximum Gasteiger partial charge on any atom is 0.315 e. The van der Waals surface area contributed by atoms with Crippen LogP contribution in [0, 0.1) is 0 Å². The van der Waals surface area contributed by atoms with Crippen LogP contribution >= 0.6 is 11.6 Å². The van der Waals surface area contributed by atoms with E-state index in [0.717, 1.165) is 0 Å². The standard InChI is InChI=1S/C19H17ClN2O5S/c1-2-26-17(23)11-16-22-18(12-5-9-15(10-6-12)28(21,24)25)19(27-16)13-3-7-14(20)8-4-13/h3-10H,2,11H2,1H3,(H2,21,24,25). The lowest BCUT2D eigenvalue weighted by Crippen LogP contribution is -2.11. The van der Waals surface area contributed by atoms with Crippen LogP contribution in [-0.2, 0) is 26.0 Å². The van der Waals surface area contributed by atoms with Crippen molar-refractivity contribution in [1.82, 2.24) is 4.98 Å². The first kappa shape index (κ1) is 20.1. The van der Waals surface area contributed by atoms with Crippen LogP contribution in [0.1, 0.15) is 12.8 Å². The summed E-state index contributed by atoms with van der Waals surface area (Å²) in [4.78, 5) is 16.2. The molecule has 0 atom stereocenters. The highest BCUT2D eigenvalue weighted by Crippen LogP contribution is 2.34. The molecule has 0 aliphatic carbocycles. The van der Waals surface area contributed by atoms with E-state index in [1.165, 1.54) is 12.1 Å². The number of halogens is 1. The molecule has 0 spiro atoms. The molecule has 2 aromatic carbocycles. The molecule has 0 fully saturated rings. The monoisotopic (exact) mass is 420 g/mol. The zero-order chi connectivity index (χ0) is 20.3. The third-order valence-electron chi connectivity index (χ3n) is 3.84. The van der Waals surface area contributed by atoms with E-state index in [1.807, 2.05) is 0 Å².